The third kappa shape index (κ3) is 8.74. The van der Waals surface area contributed by atoms with E-state index in [0.717, 1.165) is 17.8 Å². The minimum absolute atomic E-state index is 0.104. The van der Waals surface area contributed by atoms with Gasteiger partial charge in [0, 0.05) is 36.6 Å². The average Bonchev–Trinajstić information content (AvgIpc) is 2.61. The van der Waals surface area contributed by atoms with Gasteiger partial charge in [0.25, 0.3) is 0 Å². The second-order valence-corrected chi connectivity index (χ2v) is 6.19. The zero-order chi connectivity index (χ0) is 20.4. The summed E-state index contributed by atoms with van der Waals surface area (Å²) in [4.78, 5) is 15.7. The standard InChI is InChI=1S/C18H25F4N3O2/c1-4-12(2)11-27-16-10-14(9-13(3)25-16)23-7-8-24-15(26)5-6-18(21,22)17(19)20/h5-6,9-10,12,17H,4,7-8,11H2,1-3H3,(H,23,25)(H,24,26). The molecule has 0 radical (unpaired) electrons. The Labute approximate surface area is 156 Å². The monoisotopic (exact) mass is 391 g/mol. The zero-order valence-electron chi connectivity index (χ0n) is 15.6. The lowest BCUT2D eigenvalue weighted by molar-refractivity contribution is -0.117. The van der Waals surface area contributed by atoms with Gasteiger partial charge in [-0.15, -0.1) is 0 Å². The fraction of sp³-hybridized carbons (Fsp3) is 0.556. The normalized spacial score (nSPS) is 13.0. The van der Waals surface area contributed by atoms with Gasteiger partial charge >= 0.3 is 12.3 Å². The van der Waals surface area contributed by atoms with Gasteiger partial charge in [-0.2, -0.15) is 8.78 Å². The maximum absolute atomic E-state index is 12.7. The van der Waals surface area contributed by atoms with Crippen LogP contribution in [0.1, 0.15) is 26.0 Å². The molecule has 1 rings (SSSR count). The van der Waals surface area contributed by atoms with Crippen LogP contribution in [0, 0.1) is 12.8 Å². The van der Waals surface area contributed by atoms with Crippen molar-refractivity contribution in [3.8, 4) is 5.88 Å². The molecule has 0 aliphatic carbocycles. The van der Waals surface area contributed by atoms with Crippen LogP contribution in [0.15, 0.2) is 24.3 Å². The number of amides is 1. The summed E-state index contributed by atoms with van der Waals surface area (Å²) in [5.74, 6) is -4.31. The SMILES string of the molecule is CCC(C)COc1cc(NCCNC(=O)C=CC(F)(F)C(F)F)cc(C)n1. The molecule has 0 aliphatic rings. The van der Waals surface area contributed by atoms with Gasteiger partial charge in [-0.3, -0.25) is 4.79 Å². The first-order chi connectivity index (χ1) is 12.6. The van der Waals surface area contributed by atoms with Crippen LogP contribution in [0.2, 0.25) is 0 Å². The third-order valence-corrected chi connectivity index (χ3v) is 3.64. The van der Waals surface area contributed by atoms with E-state index in [1.165, 1.54) is 0 Å². The predicted molar refractivity (Wildman–Crippen MR) is 95.5 cm³/mol. The Bertz CT molecular complexity index is 639. The molecule has 1 unspecified atom stereocenters. The summed E-state index contributed by atoms with van der Waals surface area (Å²) in [6.45, 7) is 6.94. The quantitative estimate of drug-likeness (QED) is 0.342. The van der Waals surface area contributed by atoms with Crippen LogP contribution in [0.3, 0.4) is 0 Å². The van der Waals surface area contributed by atoms with Crippen molar-refractivity contribution in [3.05, 3.63) is 30.0 Å². The van der Waals surface area contributed by atoms with Gasteiger partial charge in [0.1, 0.15) is 0 Å². The molecule has 0 spiro atoms. The topological polar surface area (TPSA) is 63.2 Å². The number of ether oxygens (including phenoxy) is 1. The van der Waals surface area contributed by atoms with Crippen molar-refractivity contribution in [2.75, 3.05) is 25.0 Å². The van der Waals surface area contributed by atoms with Crippen molar-refractivity contribution < 1.29 is 27.1 Å². The molecule has 5 nitrogen and oxygen atoms in total. The summed E-state index contributed by atoms with van der Waals surface area (Å²) in [6.07, 6.45) is -2.55. The van der Waals surface area contributed by atoms with E-state index < -0.39 is 18.3 Å². The van der Waals surface area contributed by atoms with E-state index in [4.69, 9.17) is 4.74 Å². The number of aromatic nitrogens is 1. The third-order valence-electron chi connectivity index (χ3n) is 3.64. The smallest absolute Gasteiger partial charge is 0.326 e. The number of halogens is 4. The maximum atomic E-state index is 12.7. The van der Waals surface area contributed by atoms with Crippen molar-refractivity contribution in [2.45, 2.75) is 39.5 Å². The van der Waals surface area contributed by atoms with Gasteiger partial charge < -0.3 is 15.4 Å². The molecule has 2 N–H and O–H groups in total. The number of hydrogen-bond acceptors (Lipinski definition) is 4. The highest BCUT2D eigenvalue weighted by atomic mass is 19.3. The largest absolute Gasteiger partial charge is 0.477 e. The van der Waals surface area contributed by atoms with E-state index in [-0.39, 0.29) is 12.6 Å². The number of nitrogens with one attached hydrogen (secondary N) is 2. The number of alkyl halides is 4. The summed E-state index contributed by atoms with van der Waals surface area (Å²) >= 11 is 0. The molecule has 1 amide bonds. The van der Waals surface area contributed by atoms with E-state index in [9.17, 15) is 22.4 Å². The molecule has 0 fully saturated rings. The first-order valence-electron chi connectivity index (χ1n) is 8.62. The molecule has 0 saturated carbocycles. The zero-order valence-corrected chi connectivity index (χ0v) is 15.6. The van der Waals surface area contributed by atoms with Gasteiger partial charge in [-0.25, -0.2) is 13.8 Å². The number of carbonyl (C=O) groups is 1. The van der Waals surface area contributed by atoms with Gasteiger partial charge in [0.05, 0.1) is 6.61 Å². The Morgan fingerprint density at radius 3 is 2.67 bits per heavy atom. The van der Waals surface area contributed by atoms with Gasteiger partial charge in [-0.1, -0.05) is 20.3 Å². The fourth-order valence-electron chi connectivity index (χ4n) is 1.87. The number of nitrogens with zero attached hydrogens (tertiary/aromatic N) is 1. The summed E-state index contributed by atoms with van der Waals surface area (Å²) in [7, 11) is 0. The summed E-state index contributed by atoms with van der Waals surface area (Å²) < 4.78 is 55.0. The lowest BCUT2D eigenvalue weighted by atomic mass is 10.1. The van der Waals surface area contributed by atoms with Crippen LogP contribution >= 0.6 is 0 Å². The molecule has 1 atom stereocenters. The van der Waals surface area contributed by atoms with Crippen LogP contribution in [0.4, 0.5) is 23.2 Å². The van der Waals surface area contributed by atoms with Crippen molar-refractivity contribution in [2.24, 2.45) is 5.92 Å². The molecule has 0 aliphatic heterocycles. The first kappa shape index (κ1) is 22.7. The summed E-state index contributed by atoms with van der Waals surface area (Å²) in [5.41, 5.74) is 1.48. The number of hydrogen-bond donors (Lipinski definition) is 2. The molecule has 0 saturated heterocycles. The molecule has 9 heteroatoms. The van der Waals surface area contributed by atoms with Crippen molar-refractivity contribution in [1.29, 1.82) is 0 Å². The van der Waals surface area contributed by atoms with Crippen LogP contribution in [-0.4, -0.2) is 42.9 Å². The Kier molecular flexibility index (Phi) is 9.04. The Morgan fingerprint density at radius 2 is 2.04 bits per heavy atom. The molecule has 0 bridgehead atoms. The first-order valence-corrected chi connectivity index (χ1v) is 8.62. The number of anilines is 1. The number of rotatable bonds is 11. The highest BCUT2D eigenvalue weighted by Crippen LogP contribution is 2.23. The van der Waals surface area contributed by atoms with E-state index in [0.29, 0.717) is 31.0 Å². The van der Waals surface area contributed by atoms with Crippen LogP contribution < -0.4 is 15.4 Å². The minimum Gasteiger partial charge on any atom is -0.477 e. The molecule has 27 heavy (non-hydrogen) atoms. The number of allylic oxidation sites excluding steroid dienone is 1. The van der Waals surface area contributed by atoms with E-state index in [1.54, 1.807) is 12.1 Å². The molecule has 1 heterocycles. The number of pyridine rings is 1. The average molecular weight is 391 g/mol. The Balaban J connectivity index is 2.44. The molecular formula is C18H25F4N3O2. The van der Waals surface area contributed by atoms with Crippen LogP contribution in [-0.2, 0) is 4.79 Å². The van der Waals surface area contributed by atoms with E-state index in [1.807, 2.05) is 6.92 Å². The highest BCUT2D eigenvalue weighted by molar-refractivity contribution is 5.87. The minimum atomic E-state index is -4.32. The second-order valence-electron chi connectivity index (χ2n) is 6.19. The van der Waals surface area contributed by atoms with Gasteiger partial charge in [0.15, 0.2) is 0 Å². The lowest BCUT2D eigenvalue weighted by Gasteiger charge is -2.13. The molecule has 1 aromatic heterocycles. The van der Waals surface area contributed by atoms with Crippen molar-refractivity contribution in [1.82, 2.24) is 10.3 Å². The predicted octanol–water partition coefficient (Wildman–Crippen LogP) is 3.80. The molecule has 1 aromatic rings. The Morgan fingerprint density at radius 1 is 1.33 bits per heavy atom. The van der Waals surface area contributed by atoms with Gasteiger partial charge in [-0.05, 0) is 25.0 Å². The maximum Gasteiger partial charge on any atom is 0.326 e. The van der Waals surface area contributed by atoms with Crippen molar-refractivity contribution in [3.63, 3.8) is 0 Å². The lowest BCUT2D eigenvalue weighted by Crippen LogP contribution is -2.29. The molecular weight excluding hydrogens is 366 g/mol. The summed E-state index contributed by atoms with van der Waals surface area (Å²) in [6, 6.07) is 3.52. The molecule has 0 aromatic carbocycles. The second kappa shape index (κ2) is 10.7. The van der Waals surface area contributed by atoms with Crippen molar-refractivity contribution >= 4 is 11.6 Å². The number of aryl methyl sites for hydroxylation is 1. The van der Waals surface area contributed by atoms with Gasteiger partial charge in [0.2, 0.25) is 11.8 Å². The summed E-state index contributed by atoms with van der Waals surface area (Å²) in [5, 5.41) is 5.37. The van der Waals surface area contributed by atoms with E-state index in [2.05, 4.69) is 29.5 Å². The number of carbonyl (C=O) groups excluding carboxylic acids is 1. The van der Waals surface area contributed by atoms with Crippen LogP contribution in [0.25, 0.3) is 0 Å². The Hall–Kier alpha value is -2.32. The highest BCUT2D eigenvalue weighted by Gasteiger charge is 2.37. The van der Waals surface area contributed by atoms with Crippen LogP contribution in [0.5, 0.6) is 5.88 Å². The fourth-order valence-corrected chi connectivity index (χ4v) is 1.87. The van der Waals surface area contributed by atoms with E-state index >= 15 is 0 Å². The molecule has 152 valence electrons.